The predicted molar refractivity (Wildman–Crippen MR) is 233 cm³/mol. The zero-order valence-corrected chi connectivity index (χ0v) is 40.6. The van der Waals surface area contributed by atoms with E-state index in [1.54, 1.807) is 13.8 Å². The fraction of sp³-hybridized carbons (Fsp3) is 1.00. The molecule has 0 aromatic rings. The SMILES string of the molecule is CC1OC(OC2C(OC3CCC4(C)C(CCC5(C)C4CC(O)C4C(C6(C)CC(O)C(C(C)(C)O)O6)CCC45C)C3(C)CO)OC(CO)C(O)C2OC2OC(C)C(O)C(O)C2O)C(O)C(O)C1O. The van der Waals surface area contributed by atoms with Gasteiger partial charge >= 0.3 is 0 Å². The molecule has 0 bridgehead atoms. The van der Waals surface area contributed by atoms with Gasteiger partial charge in [-0.3, -0.25) is 0 Å². The van der Waals surface area contributed by atoms with Crippen molar-refractivity contribution in [3.05, 3.63) is 0 Å². The summed E-state index contributed by atoms with van der Waals surface area (Å²) in [5, 5.41) is 133. The Morgan fingerprint density at radius 3 is 1.70 bits per heavy atom. The van der Waals surface area contributed by atoms with Crippen molar-refractivity contribution in [1.29, 1.82) is 0 Å². The van der Waals surface area contributed by atoms with Crippen LogP contribution in [0.25, 0.3) is 0 Å². The van der Waals surface area contributed by atoms with Gasteiger partial charge in [0.05, 0.1) is 54.9 Å². The molecule has 0 amide bonds. The molecule has 67 heavy (non-hydrogen) atoms. The number of aliphatic hydroxyl groups is 12. The lowest BCUT2D eigenvalue weighted by Crippen LogP contribution is -2.69. The van der Waals surface area contributed by atoms with Gasteiger partial charge in [0, 0.05) is 11.8 Å². The maximum Gasteiger partial charge on any atom is 0.187 e. The maximum absolute atomic E-state index is 12.5. The van der Waals surface area contributed by atoms with E-state index >= 15 is 0 Å². The predicted octanol–water partition coefficient (Wildman–Crippen LogP) is -0.817. The first-order chi connectivity index (χ1) is 31.1. The lowest BCUT2D eigenvalue weighted by molar-refractivity contribution is -0.398. The van der Waals surface area contributed by atoms with Gasteiger partial charge in [-0.2, -0.15) is 0 Å². The Kier molecular flexibility index (Phi) is 14.4. The maximum atomic E-state index is 12.5. The van der Waals surface area contributed by atoms with Crippen molar-refractivity contribution in [3.63, 3.8) is 0 Å². The monoisotopic (exact) mass is 963 g/mol. The van der Waals surface area contributed by atoms with Crippen molar-refractivity contribution in [2.45, 2.75) is 241 Å². The average Bonchev–Trinajstić information content (AvgIpc) is 3.82. The Balaban J connectivity index is 1.08. The van der Waals surface area contributed by atoms with Gasteiger partial charge in [-0.15, -0.1) is 0 Å². The summed E-state index contributed by atoms with van der Waals surface area (Å²) >= 11 is 0. The van der Waals surface area contributed by atoms with Crippen molar-refractivity contribution in [2.24, 2.45) is 45.3 Å². The van der Waals surface area contributed by atoms with Gasteiger partial charge in [0.1, 0.15) is 67.1 Å². The van der Waals surface area contributed by atoms with Gasteiger partial charge < -0.3 is 94.4 Å². The summed E-state index contributed by atoms with van der Waals surface area (Å²) in [4.78, 5) is 0. The molecule has 8 fully saturated rings. The van der Waals surface area contributed by atoms with E-state index in [1.165, 1.54) is 13.8 Å². The standard InChI is InChI=1S/C48H82O19/c1-20-30(53)33(56)35(58)40(61-20)65-37-32(55)25(18-49)63-42(38(37)66-41-36(59)34(57)31(54)21(2)62-41)64-28-12-13-44(5)26(45(28,6)19-50)11-15-46(7)27(44)16-23(51)29-22(10-14-47(29,46)8)48(9)17-24(52)39(67-48)43(3,4)60/h20-42,49-60H,10-19H2,1-9H3. The number of hydrogen-bond donors (Lipinski definition) is 12. The minimum Gasteiger partial charge on any atom is -0.396 e. The molecule has 12 N–H and O–H groups in total. The Bertz CT molecular complexity index is 1740. The molecule has 19 heteroatoms. The normalized spacial score (nSPS) is 58.3. The second-order valence-corrected chi connectivity index (χ2v) is 23.8. The highest BCUT2D eigenvalue weighted by atomic mass is 16.8. The van der Waals surface area contributed by atoms with E-state index in [9.17, 15) is 61.3 Å². The fourth-order valence-corrected chi connectivity index (χ4v) is 15.6. The highest BCUT2D eigenvalue weighted by Crippen LogP contribution is 2.76. The first-order valence-corrected chi connectivity index (χ1v) is 24.8. The fourth-order valence-electron chi connectivity index (χ4n) is 15.6. The number of ether oxygens (including phenoxy) is 7. The van der Waals surface area contributed by atoms with Crippen LogP contribution in [0.2, 0.25) is 0 Å². The summed E-state index contributed by atoms with van der Waals surface area (Å²) in [6, 6.07) is 0. The van der Waals surface area contributed by atoms with Crippen LogP contribution in [0.1, 0.15) is 114 Å². The van der Waals surface area contributed by atoms with Crippen LogP contribution < -0.4 is 0 Å². The van der Waals surface area contributed by atoms with Crippen LogP contribution in [0.5, 0.6) is 0 Å². The second-order valence-electron chi connectivity index (χ2n) is 23.8. The number of hydrogen-bond acceptors (Lipinski definition) is 19. The quantitative estimate of drug-likeness (QED) is 0.119. The molecule has 28 atom stereocenters. The third-order valence-corrected chi connectivity index (χ3v) is 19.6. The van der Waals surface area contributed by atoms with E-state index < -0.39 is 145 Å². The zero-order valence-electron chi connectivity index (χ0n) is 40.6. The zero-order chi connectivity index (χ0) is 49.3. The van der Waals surface area contributed by atoms with Crippen molar-refractivity contribution in [2.75, 3.05) is 13.2 Å². The van der Waals surface area contributed by atoms with Gasteiger partial charge in [0.25, 0.3) is 0 Å². The van der Waals surface area contributed by atoms with E-state index in [2.05, 4.69) is 20.8 Å². The van der Waals surface area contributed by atoms with Gasteiger partial charge in [-0.05, 0) is 119 Å². The van der Waals surface area contributed by atoms with Crippen molar-refractivity contribution in [1.82, 2.24) is 0 Å². The largest absolute Gasteiger partial charge is 0.396 e. The molecule has 4 aliphatic carbocycles. The van der Waals surface area contributed by atoms with E-state index in [1.807, 2.05) is 13.8 Å². The van der Waals surface area contributed by atoms with Crippen LogP contribution in [0, 0.1) is 45.3 Å². The molecule has 0 aromatic heterocycles. The molecule has 4 saturated heterocycles. The Hall–Kier alpha value is -0.760. The van der Waals surface area contributed by atoms with Gasteiger partial charge in [0.15, 0.2) is 18.9 Å². The lowest BCUT2D eigenvalue weighted by Gasteiger charge is -2.71. The molecular formula is C48H82O19. The molecule has 19 nitrogen and oxygen atoms in total. The minimum absolute atomic E-state index is 0.0354. The van der Waals surface area contributed by atoms with E-state index in [0.717, 1.165) is 25.7 Å². The van der Waals surface area contributed by atoms with Crippen LogP contribution in [0.3, 0.4) is 0 Å². The van der Waals surface area contributed by atoms with Crippen LogP contribution in [-0.4, -0.2) is 202 Å². The van der Waals surface area contributed by atoms with Crippen molar-refractivity contribution in [3.8, 4) is 0 Å². The minimum atomic E-state index is -1.81. The third-order valence-electron chi connectivity index (χ3n) is 19.6. The summed E-state index contributed by atoms with van der Waals surface area (Å²) in [7, 11) is 0. The van der Waals surface area contributed by atoms with Crippen LogP contribution in [-0.2, 0) is 33.2 Å². The molecule has 8 aliphatic rings. The molecule has 4 heterocycles. The highest BCUT2D eigenvalue weighted by Gasteiger charge is 2.73. The molecular weight excluding hydrogens is 881 g/mol. The number of aliphatic hydroxyl groups excluding tert-OH is 11. The lowest BCUT2D eigenvalue weighted by atomic mass is 9.35. The number of rotatable bonds is 10. The topological polar surface area (TPSA) is 307 Å². The first kappa shape index (κ1) is 52.6. The molecule has 28 unspecified atom stereocenters. The molecule has 0 aromatic carbocycles. The van der Waals surface area contributed by atoms with Crippen molar-refractivity contribution >= 4 is 0 Å². The van der Waals surface area contributed by atoms with E-state index in [-0.39, 0.29) is 41.1 Å². The Labute approximate surface area is 393 Å². The third kappa shape index (κ3) is 8.31. The second kappa shape index (κ2) is 18.3. The molecule has 4 aliphatic heterocycles. The summed E-state index contributed by atoms with van der Waals surface area (Å²) in [6.07, 6.45) is -21.0. The smallest absolute Gasteiger partial charge is 0.187 e. The highest BCUT2D eigenvalue weighted by molar-refractivity contribution is 5.21. The summed E-state index contributed by atoms with van der Waals surface area (Å²) in [5.41, 5.74) is -3.85. The first-order valence-electron chi connectivity index (χ1n) is 24.8. The average molecular weight is 963 g/mol. The Morgan fingerprint density at radius 2 is 1.16 bits per heavy atom. The summed E-state index contributed by atoms with van der Waals surface area (Å²) in [6.45, 7) is 16.1. The van der Waals surface area contributed by atoms with Crippen molar-refractivity contribution < 1.29 is 94.4 Å². The summed E-state index contributed by atoms with van der Waals surface area (Å²) in [5.74, 6) is -0.265. The van der Waals surface area contributed by atoms with Gasteiger partial charge in [-0.1, -0.05) is 27.7 Å². The van der Waals surface area contributed by atoms with Crippen LogP contribution in [0.15, 0.2) is 0 Å². The van der Waals surface area contributed by atoms with Gasteiger partial charge in [-0.25, -0.2) is 0 Å². The van der Waals surface area contributed by atoms with E-state index in [0.29, 0.717) is 25.7 Å². The molecule has 0 spiro atoms. The molecule has 388 valence electrons. The van der Waals surface area contributed by atoms with E-state index in [4.69, 9.17) is 33.2 Å². The Morgan fingerprint density at radius 1 is 0.597 bits per heavy atom. The number of fused-ring (bicyclic) bond motifs is 5. The summed E-state index contributed by atoms with van der Waals surface area (Å²) < 4.78 is 43.9. The van der Waals surface area contributed by atoms with Crippen LogP contribution in [0.4, 0.5) is 0 Å². The molecule has 4 saturated carbocycles. The van der Waals surface area contributed by atoms with Gasteiger partial charge in [0.2, 0.25) is 0 Å². The van der Waals surface area contributed by atoms with Crippen LogP contribution >= 0.6 is 0 Å². The molecule has 0 radical (unpaired) electrons. The molecule has 8 rings (SSSR count).